The maximum absolute atomic E-state index is 15.6. The number of carbonyl (C=O) groups is 1. The van der Waals surface area contributed by atoms with Crippen LogP contribution < -0.4 is 21.0 Å². The number of aromatic amines is 1. The Labute approximate surface area is 248 Å². The highest BCUT2D eigenvalue weighted by molar-refractivity contribution is 6.18. The number of aromatic nitrogens is 4. The molecule has 1 unspecified atom stereocenters. The summed E-state index contributed by atoms with van der Waals surface area (Å²) in [5.74, 6) is -3.37. The first-order chi connectivity index (χ1) is 21.4. The van der Waals surface area contributed by atoms with Crippen molar-refractivity contribution >= 4 is 50.3 Å². The lowest BCUT2D eigenvalue weighted by atomic mass is 10.0. The number of hydrogen-bond donors (Lipinski definition) is 4. The maximum atomic E-state index is 15.6. The number of hydrogen-bond acceptors (Lipinski definition) is 9. The summed E-state index contributed by atoms with van der Waals surface area (Å²) in [6.07, 6.45) is 4.24. The predicted molar refractivity (Wildman–Crippen MR) is 161 cm³/mol. The number of halogens is 2. The molecule has 6 heterocycles. The highest BCUT2D eigenvalue weighted by atomic mass is 19.2. The van der Waals surface area contributed by atoms with Gasteiger partial charge in [0.25, 0.3) is 0 Å². The Morgan fingerprint density at radius 1 is 1.16 bits per heavy atom. The van der Waals surface area contributed by atoms with E-state index in [1.807, 2.05) is 4.90 Å². The zero-order chi connectivity index (χ0) is 30.5. The van der Waals surface area contributed by atoms with Gasteiger partial charge in [0.15, 0.2) is 11.6 Å². The molecule has 0 saturated carbocycles. The van der Waals surface area contributed by atoms with Crippen molar-refractivity contribution in [3.63, 3.8) is 0 Å². The van der Waals surface area contributed by atoms with Crippen molar-refractivity contribution in [3.05, 3.63) is 58.1 Å². The van der Waals surface area contributed by atoms with Gasteiger partial charge in [-0.25, -0.2) is 23.5 Å². The third kappa shape index (κ3) is 4.62. The minimum Gasteiger partial charge on any atom is -0.477 e. The van der Waals surface area contributed by atoms with Gasteiger partial charge in [0.1, 0.15) is 16.9 Å². The van der Waals surface area contributed by atoms with Crippen LogP contribution in [-0.4, -0.2) is 89.7 Å². The molecular formula is C30H29F2N7O5. The van der Waals surface area contributed by atoms with Gasteiger partial charge in [-0.3, -0.25) is 4.79 Å². The summed E-state index contributed by atoms with van der Waals surface area (Å²) in [7, 11) is 1.62. The molecule has 0 amide bonds. The summed E-state index contributed by atoms with van der Waals surface area (Å²) in [5, 5.41) is 16.6. The number of pyridine rings is 3. The lowest BCUT2D eigenvalue weighted by Gasteiger charge is -2.31. The largest absolute Gasteiger partial charge is 0.477 e. The molecule has 0 spiro atoms. The van der Waals surface area contributed by atoms with Crippen LogP contribution >= 0.6 is 0 Å². The minimum absolute atomic E-state index is 0.0468. The van der Waals surface area contributed by atoms with Crippen LogP contribution in [0.25, 0.3) is 44.1 Å². The fourth-order valence-corrected chi connectivity index (χ4v) is 6.14. The van der Waals surface area contributed by atoms with E-state index in [0.29, 0.717) is 84.2 Å². The molecular weight excluding hydrogens is 576 g/mol. The molecule has 4 N–H and O–H groups in total. The molecule has 0 radical (unpaired) electrons. The fourth-order valence-electron chi connectivity index (χ4n) is 6.14. The summed E-state index contributed by atoms with van der Waals surface area (Å²) in [4.78, 5) is 39.9. The highest BCUT2D eigenvalue weighted by Crippen LogP contribution is 2.43. The molecule has 2 saturated heterocycles. The fraction of sp³-hybridized carbons (Fsp3) is 0.333. The van der Waals surface area contributed by atoms with Crippen molar-refractivity contribution in [1.29, 1.82) is 0 Å². The summed E-state index contributed by atoms with van der Waals surface area (Å²) in [5.41, 5.74) is 1.90. The SMILES string of the molecule is CNc1cc(F)c(F)c2c1[nH]c1ncc(-c3cnc4c(c3)c(=O)c(C(=O)O)cn4CC3CNCCO3)c(N3CCOCC3)c12. The third-order valence-corrected chi connectivity index (χ3v) is 8.22. The molecule has 0 bridgehead atoms. The second-order valence-corrected chi connectivity index (χ2v) is 10.8. The Morgan fingerprint density at radius 3 is 2.70 bits per heavy atom. The van der Waals surface area contributed by atoms with Crippen LogP contribution in [-0.2, 0) is 16.0 Å². The first kappa shape index (κ1) is 28.1. The standard InChI is InChI=1S/C30H29F2N7O5/c1-33-21-9-20(31)24(32)22-23-26(38-3-6-43-7-4-38)18(12-35-28(23)37-25(21)22)15-8-17-27(40)19(30(41)42)14-39(29(17)36-10-15)13-16-11-34-2-5-44-16/h8-10,12,14,16,33-34H,2-7,11,13H2,1H3,(H,35,37)(H,41,42). The van der Waals surface area contributed by atoms with Crippen molar-refractivity contribution in [2.45, 2.75) is 12.6 Å². The zero-order valence-corrected chi connectivity index (χ0v) is 23.7. The van der Waals surface area contributed by atoms with Crippen molar-refractivity contribution < 1.29 is 28.2 Å². The summed E-state index contributed by atoms with van der Waals surface area (Å²) < 4.78 is 43.4. The number of fused-ring (bicyclic) bond motifs is 4. The molecule has 2 aliphatic rings. The number of anilines is 2. The quantitative estimate of drug-likeness (QED) is 0.228. The van der Waals surface area contributed by atoms with Gasteiger partial charge >= 0.3 is 5.97 Å². The van der Waals surface area contributed by atoms with Crippen LogP contribution in [0, 0.1) is 11.6 Å². The number of aromatic carboxylic acids is 1. The Bertz CT molecular complexity index is 2000. The van der Waals surface area contributed by atoms with E-state index in [2.05, 4.69) is 25.6 Å². The number of carboxylic acids is 1. The van der Waals surface area contributed by atoms with E-state index in [0.717, 1.165) is 12.6 Å². The molecule has 2 aliphatic heterocycles. The van der Waals surface area contributed by atoms with Gasteiger partial charge in [0.2, 0.25) is 5.43 Å². The van der Waals surface area contributed by atoms with E-state index in [1.165, 1.54) is 6.20 Å². The van der Waals surface area contributed by atoms with E-state index in [-0.39, 0.29) is 23.4 Å². The van der Waals surface area contributed by atoms with Crippen molar-refractivity contribution in [2.75, 3.05) is 63.3 Å². The van der Waals surface area contributed by atoms with Crippen molar-refractivity contribution in [2.24, 2.45) is 0 Å². The second-order valence-electron chi connectivity index (χ2n) is 10.8. The first-order valence-corrected chi connectivity index (χ1v) is 14.3. The molecule has 0 aliphatic carbocycles. The van der Waals surface area contributed by atoms with Crippen LogP contribution in [0.2, 0.25) is 0 Å². The van der Waals surface area contributed by atoms with Crippen molar-refractivity contribution in [1.82, 2.24) is 24.8 Å². The second kappa shape index (κ2) is 11.1. The molecule has 4 aromatic heterocycles. The van der Waals surface area contributed by atoms with Gasteiger partial charge in [-0.05, 0) is 6.07 Å². The monoisotopic (exact) mass is 605 g/mol. The molecule has 1 atom stereocenters. The number of nitrogens with zero attached hydrogens (tertiary/aromatic N) is 4. The van der Waals surface area contributed by atoms with Gasteiger partial charge in [-0.15, -0.1) is 0 Å². The average Bonchev–Trinajstić information content (AvgIpc) is 3.44. The number of ether oxygens (including phenoxy) is 2. The predicted octanol–water partition coefficient (Wildman–Crippen LogP) is 2.94. The Balaban J connectivity index is 1.48. The van der Waals surface area contributed by atoms with E-state index in [1.54, 1.807) is 30.1 Å². The number of morpholine rings is 2. The molecule has 1 aromatic carbocycles. The van der Waals surface area contributed by atoms with Crippen LogP contribution in [0.5, 0.6) is 0 Å². The molecule has 7 rings (SSSR count). The number of rotatable bonds is 6. The molecule has 44 heavy (non-hydrogen) atoms. The van der Waals surface area contributed by atoms with Crippen LogP contribution in [0.4, 0.5) is 20.2 Å². The minimum atomic E-state index is -1.35. The first-order valence-electron chi connectivity index (χ1n) is 14.3. The van der Waals surface area contributed by atoms with Gasteiger partial charge in [0, 0.05) is 69.0 Å². The number of H-pyrrole nitrogens is 1. The lowest BCUT2D eigenvalue weighted by molar-refractivity contribution is 0.0187. The van der Waals surface area contributed by atoms with E-state index < -0.39 is 28.6 Å². The summed E-state index contributed by atoms with van der Waals surface area (Å²) in [6.45, 7) is 3.88. The summed E-state index contributed by atoms with van der Waals surface area (Å²) in [6, 6.07) is 2.68. The van der Waals surface area contributed by atoms with Gasteiger partial charge in [-0.2, -0.15) is 0 Å². The maximum Gasteiger partial charge on any atom is 0.341 e. The Morgan fingerprint density at radius 2 is 1.98 bits per heavy atom. The van der Waals surface area contributed by atoms with E-state index >= 15 is 4.39 Å². The van der Waals surface area contributed by atoms with Gasteiger partial charge in [-0.1, -0.05) is 0 Å². The topological polar surface area (TPSA) is 147 Å². The normalized spacial score (nSPS) is 17.5. The molecule has 5 aromatic rings. The molecule has 2 fully saturated rings. The van der Waals surface area contributed by atoms with E-state index in [4.69, 9.17) is 9.47 Å². The van der Waals surface area contributed by atoms with Crippen LogP contribution in [0.15, 0.2) is 35.5 Å². The van der Waals surface area contributed by atoms with Crippen molar-refractivity contribution in [3.8, 4) is 11.1 Å². The lowest BCUT2D eigenvalue weighted by Crippen LogP contribution is -2.41. The van der Waals surface area contributed by atoms with Crippen LogP contribution in [0.3, 0.4) is 0 Å². The number of benzene rings is 1. The number of nitrogens with one attached hydrogen (secondary N) is 3. The zero-order valence-electron chi connectivity index (χ0n) is 23.7. The summed E-state index contributed by atoms with van der Waals surface area (Å²) >= 11 is 0. The van der Waals surface area contributed by atoms with Gasteiger partial charge in [0.05, 0.1) is 65.5 Å². The third-order valence-electron chi connectivity index (χ3n) is 8.22. The molecule has 12 nitrogen and oxygen atoms in total. The van der Waals surface area contributed by atoms with E-state index in [9.17, 15) is 19.1 Å². The van der Waals surface area contributed by atoms with Gasteiger partial charge < -0.3 is 39.7 Å². The Kier molecular flexibility index (Phi) is 7.11. The molecule has 228 valence electrons. The highest BCUT2D eigenvalue weighted by Gasteiger charge is 2.27. The molecule has 14 heteroatoms. The Hall–Kier alpha value is -4.66. The van der Waals surface area contributed by atoms with Crippen LogP contribution in [0.1, 0.15) is 10.4 Å². The number of carboxylic acid groups (broad SMARTS) is 1. The average molecular weight is 606 g/mol. The smallest absolute Gasteiger partial charge is 0.341 e.